The summed E-state index contributed by atoms with van der Waals surface area (Å²) in [4.78, 5) is 11.3. The van der Waals surface area contributed by atoms with Gasteiger partial charge in [0.1, 0.15) is 16.4 Å². The van der Waals surface area contributed by atoms with Crippen LogP contribution >= 0.6 is 22.7 Å². The summed E-state index contributed by atoms with van der Waals surface area (Å²) in [5.41, 5.74) is 1.95. The molecule has 0 unspecified atom stereocenters. The number of aromatic nitrogens is 2. The molecular weight excluding hydrogens is 276 g/mol. The highest BCUT2D eigenvalue weighted by atomic mass is 32.1. The quantitative estimate of drug-likeness (QED) is 0.887. The Kier molecular flexibility index (Phi) is 4.90. The summed E-state index contributed by atoms with van der Waals surface area (Å²) in [7, 11) is 4.11. The third kappa shape index (κ3) is 4.26. The molecule has 2 rings (SSSR count). The van der Waals surface area contributed by atoms with Crippen LogP contribution in [0, 0.1) is 5.92 Å². The van der Waals surface area contributed by atoms with E-state index in [1.54, 1.807) is 22.7 Å². The Hall–Kier alpha value is -0.980. The standard InChI is InChI=1S/C13H20N4S2/c1-9(2)5-14-13-16-11(8-19-13)10-7-18-12(15-10)6-17(3)4/h7-9H,5-6H2,1-4H3,(H,14,16). The van der Waals surface area contributed by atoms with Gasteiger partial charge < -0.3 is 10.2 Å². The van der Waals surface area contributed by atoms with Crippen molar-refractivity contribution in [2.45, 2.75) is 20.4 Å². The zero-order chi connectivity index (χ0) is 13.8. The molecule has 2 aromatic heterocycles. The molecule has 104 valence electrons. The summed E-state index contributed by atoms with van der Waals surface area (Å²) in [5, 5.41) is 9.61. The van der Waals surface area contributed by atoms with E-state index in [-0.39, 0.29) is 0 Å². The Balaban J connectivity index is 2.03. The normalized spacial score (nSPS) is 11.5. The molecule has 1 N–H and O–H groups in total. The highest BCUT2D eigenvalue weighted by Crippen LogP contribution is 2.26. The molecule has 0 atom stereocenters. The molecule has 0 amide bonds. The summed E-state index contributed by atoms with van der Waals surface area (Å²) < 4.78 is 0. The van der Waals surface area contributed by atoms with Gasteiger partial charge in [0.25, 0.3) is 0 Å². The van der Waals surface area contributed by atoms with Gasteiger partial charge in [-0.05, 0) is 20.0 Å². The summed E-state index contributed by atoms with van der Waals surface area (Å²) in [6, 6.07) is 0. The Morgan fingerprint density at radius 2 is 1.84 bits per heavy atom. The molecule has 4 nitrogen and oxygen atoms in total. The number of hydrogen-bond acceptors (Lipinski definition) is 6. The van der Waals surface area contributed by atoms with Crippen molar-refractivity contribution in [2.24, 2.45) is 5.92 Å². The van der Waals surface area contributed by atoms with Crippen molar-refractivity contribution < 1.29 is 0 Å². The van der Waals surface area contributed by atoms with Gasteiger partial charge in [0.05, 0.1) is 0 Å². The summed E-state index contributed by atoms with van der Waals surface area (Å²) in [6.07, 6.45) is 0. The van der Waals surface area contributed by atoms with Crippen molar-refractivity contribution in [1.82, 2.24) is 14.9 Å². The van der Waals surface area contributed by atoms with E-state index in [1.165, 1.54) is 0 Å². The first-order valence-corrected chi connectivity index (χ1v) is 8.09. The van der Waals surface area contributed by atoms with Crippen molar-refractivity contribution in [2.75, 3.05) is 26.0 Å². The van der Waals surface area contributed by atoms with Gasteiger partial charge in [-0.3, -0.25) is 0 Å². The van der Waals surface area contributed by atoms with Crippen LogP contribution in [0.2, 0.25) is 0 Å². The minimum absolute atomic E-state index is 0.623. The van der Waals surface area contributed by atoms with Crippen LogP contribution in [-0.4, -0.2) is 35.5 Å². The van der Waals surface area contributed by atoms with Gasteiger partial charge in [0.2, 0.25) is 0 Å². The first kappa shape index (κ1) is 14.4. The monoisotopic (exact) mass is 296 g/mol. The van der Waals surface area contributed by atoms with Crippen molar-refractivity contribution >= 4 is 27.8 Å². The van der Waals surface area contributed by atoms with Gasteiger partial charge in [-0.25, -0.2) is 9.97 Å². The largest absolute Gasteiger partial charge is 0.361 e. The SMILES string of the molecule is CC(C)CNc1nc(-c2csc(CN(C)C)n2)cs1. The summed E-state index contributed by atoms with van der Waals surface area (Å²) in [6.45, 7) is 6.22. The maximum atomic E-state index is 4.62. The lowest BCUT2D eigenvalue weighted by atomic mass is 10.2. The molecule has 0 fully saturated rings. The number of nitrogens with one attached hydrogen (secondary N) is 1. The van der Waals surface area contributed by atoms with Crippen molar-refractivity contribution in [1.29, 1.82) is 0 Å². The molecule has 0 radical (unpaired) electrons. The molecule has 2 heterocycles. The van der Waals surface area contributed by atoms with Gasteiger partial charge in [-0.15, -0.1) is 22.7 Å². The van der Waals surface area contributed by atoms with E-state index in [9.17, 15) is 0 Å². The number of nitrogens with zero attached hydrogens (tertiary/aromatic N) is 3. The highest BCUT2D eigenvalue weighted by molar-refractivity contribution is 7.14. The lowest BCUT2D eigenvalue weighted by Gasteiger charge is -2.05. The van der Waals surface area contributed by atoms with Crippen LogP contribution in [0.15, 0.2) is 10.8 Å². The number of rotatable bonds is 6. The predicted octanol–water partition coefficient (Wildman–Crippen LogP) is 3.40. The minimum atomic E-state index is 0.623. The van der Waals surface area contributed by atoms with Crippen LogP contribution in [0.4, 0.5) is 5.13 Å². The van der Waals surface area contributed by atoms with Gasteiger partial charge >= 0.3 is 0 Å². The molecule has 0 spiro atoms. The molecule has 19 heavy (non-hydrogen) atoms. The fourth-order valence-electron chi connectivity index (χ4n) is 1.54. The first-order valence-electron chi connectivity index (χ1n) is 6.33. The van der Waals surface area contributed by atoms with E-state index in [2.05, 4.69) is 58.9 Å². The second-order valence-electron chi connectivity index (χ2n) is 5.18. The average Bonchev–Trinajstić information content (AvgIpc) is 2.93. The van der Waals surface area contributed by atoms with Gasteiger partial charge in [0.15, 0.2) is 5.13 Å². The molecule has 0 aliphatic carbocycles. The third-order valence-corrected chi connectivity index (χ3v) is 4.06. The lowest BCUT2D eigenvalue weighted by Crippen LogP contribution is -2.10. The number of anilines is 1. The van der Waals surface area contributed by atoms with E-state index in [0.717, 1.165) is 34.6 Å². The molecule has 0 bridgehead atoms. The molecule has 0 aromatic carbocycles. The average molecular weight is 296 g/mol. The van der Waals surface area contributed by atoms with E-state index in [4.69, 9.17) is 0 Å². The Morgan fingerprint density at radius 3 is 2.53 bits per heavy atom. The van der Waals surface area contributed by atoms with Gasteiger partial charge in [-0.2, -0.15) is 0 Å². The fraction of sp³-hybridized carbons (Fsp3) is 0.538. The lowest BCUT2D eigenvalue weighted by molar-refractivity contribution is 0.402. The number of thiazole rings is 2. The summed E-state index contributed by atoms with van der Waals surface area (Å²) in [5.74, 6) is 0.623. The highest BCUT2D eigenvalue weighted by Gasteiger charge is 2.09. The predicted molar refractivity (Wildman–Crippen MR) is 83.9 cm³/mol. The molecule has 0 aliphatic heterocycles. The van der Waals surface area contributed by atoms with Crippen LogP contribution in [0.5, 0.6) is 0 Å². The van der Waals surface area contributed by atoms with E-state index < -0.39 is 0 Å². The Morgan fingerprint density at radius 1 is 1.16 bits per heavy atom. The minimum Gasteiger partial charge on any atom is -0.361 e. The van der Waals surface area contributed by atoms with Crippen molar-refractivity contribution in [3.05, 3.63) is 15.8 Å². The van der Waals surface area contributed by atoms with Crippen molar-refractivity contribution in [3.63, 3.8) is 0 Å². The molecule has 0 aliphatic rings. The smallest absolute Gasteiger partial charge is 0.183 e. The van der Waals surface area contributed by atoms with Gasteiger partial charge in [-0.1, -0.05) is 13.8 Å². The number of hydrogen-bond donors (Lipinski definition) is 1. The van der Waals surface area contributed by atoms with E-state index >= 15 is 0 Å². The van der Waals surface area contributed by atoms with Crippen LogP contribution in [-0.2, 0) is 6.54 Å². The van der Waals surface area contributed by atoms with Crippen molar-refractivity contribution in [3.8, 4) is 11.4 Å². The summed E-state index contributed by atoms with van der Waals surface area (Å²) >= 11 is 3.33. The Bertz CT molecular complexity index is 516. The second kappa shape index (κ2) is 6.45. The molecule has 6 heteroatoms. The van der Waals surface area contributed by atoms with E-state index in [1.807, 2.05) is 0 Å². The second-order valence-corrected chi connectivity index (χ2v) is 6.98. The Labute approximate surface area is 122 Å². The van der Waals surface area contributed by atoms with Gasteiger partial charge in [0, 0.05) is 23.8 Å². The third-order valence-electron chi connectivity index (χ3n) is 2.43. The first-order chi connectivity index (χ1) is 9.04. The topological polar surface area (TPSA) is 41.1 Å². The molecule has 2 aromatic rings. The maximum Gasteiger partial charge on any atom is 0.183 e. The zero-order valence-corrected chi connectivity index (χ0v) is 13.4. The van der Waals surface area contributed by atoms with E-state index in [0.29, 0.717) is 5.92 Å². The molecule has 0 saturated carbocycles. The molecular formula is C13H20N4S2. The fourth-order valence-corrected chi connectivity index (χ4v) is 3.16. The maximum absolute atomic E-state index is 4.62. The molecule has 0 saturated heterocycles. The van der Waals surface area contributed by atoms with Crippen LogP contribution in [0.3, 0.4) is 0 Å². The zero-order valence-electron chi connectivity index (χ0n) is 11.8. The van der Waals surface area contributed by atoms with Crippen LogP contribution < -0.4 is 5.32 Å². The van der Waals surface area contributed by atoms with Crippen LogP contribution in [0.1, 0.15) is 18.9 Å². The van der Waals surface area contributed by atoms with Crippen LogP contribution in [0.25, 0.3) is 11.4 Å².